The average Bonchev–Trinajstić information content (AvgIpc) is 2.59. The molecule has 1 atom stereocenters. The zero-order valence-corrected chi connectivity index (χ0v) is 17.9. The van der Waals surface area contributed by atoms with Gasteiger partial charge in [-0.05, 0) is 19.3 Å². The lowest BCUT2D eigenvalue weighted by molar-refractivity contribution is 0.282. The summed E-state index contributed by atoms with van der Waals surface area (Å²) in [5, 5.41) is 8.16. The van der Waals surface area contributed by atoms with Crippen LogP contribution in [-0.4, -0.2) is 29.9 Å². The first kappa shape index (κ1) is 25.9. The van der Waals surface area contributed by atoms with Crippen LogP contribution in [0.3, 0.4) is 0 Å². The smallest absolute Gasteiger partial charge is 0.267 e. The van der Waals surface area contributed by atoms with Gasteiger partial charge in [-0.3, -0.25) is 4.55 Å². The minimum absolute atomic E-state index is 0.299. The van der Waals surface area contributed by atoms with Crippen LogP contribution in [0.5, 0.6) is 0 Å². The molecule has 0 heterocycles. The van der Waals surface area contributed by atoms with Gasteiger partial charge in [0.15, 0.2) is 0 Å². The fraction of sp³-hybridized carbons (Fsp3) is 1.00. The van der Waals surface area contributed by atoms with Crippen molar-refractivity contribution in [3.05, 3.63) is 0 Å². The summed E-state index contributed by atoms with van der Waals surface area (Å²) in [7, 11) is -3.90. The average molecular weight is 393 g/mol. The maximum Gasteiger partial charge on any atom is 0.267 e. The van der Waals surface area contributed by atoms with Gasteiger partial charge in [0.25, 0.3) is 10.1 Å². The van der Waals surface area contributed by atoms with Gasteiger partial charge in [-0.1, -0.05) is 103 Å². The molecule has 0 fully saturated rings. The fourth-order valence-corrected chi connectivity index (χ4v) is 4.42. The lowest BCUT2D eigenvalue weighted by Crippen LogP contribution is -2.20. The first-order chi connectivity index (χ1) is 12.5. The Morgan fingerprint density at radius 2 is 0.962 bits per heavy atom. The van der Waals surface area contributed by atoms with Gasteiger partial charge in [0.05, 0.1) is 5.25 Å². The molecule has 0 rings (SSSR count). The maximum absolute atomic E-state index is 11.6. The van der Waals surface area contributed by atoms with Crippen LogP contribution in [0.15, 0.2) is 0 Å². The van der Waals surface area contributed by atoms with Crippen molar-refractivity contribution in [1.29, 1.82) is 0 Å². The molecule has 2 N–H and O–H groups in total. The second kappa shape index (κ2) is 18.2. The van der Waals surface area contributed by atoms with Crippen LogP contribution in [-0.2, 0) is 10.1 Å². The SMILES string of the molecule is CCCCCCCCCC(CCCCCCCCCCCO)S(=O)(=O)O. The van der Waals surface area contributed by atoms with E-state index in [-0.39, 0.29) is 0 Å². The highest BCUT2D eigenvalue weighted by Gasteiger charge is 2.21. The van der Waals surface area contributed by atoms with Crippen molar-refractivity contribution in [3.8, 4) is 0 Å². The molecule has 0 bridgehead atoms. The molecule has 26 heavy (non-hydrogen) atoms. The Balaban J connectivity index is 3.66. The number of unbranched alkanes of at least 4 members (excludes halogenated alkanes) is 14. The van der Waals surface area contributed by atoms with Crippen molar-refractivity contribution in [1.82, 2.24) is 0 Å². The molecule has 0 aromatic rings. The molecule has 0 amide bonds. The predicted molar refractivity (Wildman–Crippen MR) is 111 cm³/mol. The van der Waals surface area contributed by atoms with E-state index in [0.717, 1.165) is 44.9 Å². The standard InChI is InChI=1S/C21H44O4S/c1-2-3-4-5-9-12-15-18-21(26(23,24)25)19-16-13-10-7-6-8-11-14-17-20-22/h21-22H,2-20H2,1H3,(H,23,24,25). The van der Waals surface area contributed by atoms with E-state index in [4.69, 9.17) is 5.11 Å². The molecule has 5 heteroatoms. The molecule has 0 radical (unpaired) electrons. The Morgan fingerprint density at radius 3 is 1.31 bits per heavy atom. The van der Waals surface area contributed by atoms with Crippen molar-refractivity contribution >= 4 is 10.1 Å². The summed E-state index contributed by atoms with van der Waals surface area (Å²) in [4.78, 5) is 0. The summed E-state index contributed by atoms with van der Waals surface area (Å²) in [6.07, 6.45) is 19.4. The van der Waals surface area contributed by atoms with Crippen LogP contribution < -0.4 is 0 Å². The molecule has 0 spiro atoms. The van der Waals surface area contributed by atoms with Crippen molar-refractivity contribution < 1.29 is 18.1 Å². The largest absolute Gasteiger partial charge is 0.396 e. The quantitative estimate of drug-likeness (QED) is 0.189. The van der Waals surface area contributed by atoms with Gasteiger partial charge in [-0.25, -0.2) is 0 Å². The van der Waals surface area contributed by atoms with E-state index < -0.39 is 15.4 Å². The molecule has 0 aromatic carbocycles. The minimum Gasteiger partial charge on any atom is -0.396 e. The number of hydrogen-bond donors (Lipinski definition) is 2. The van der Waals surface area contributed by atoms with Crippen LogP contribution in [0.1, 0.15) is 122 Å². The second-order valence-electron chi connectivity index (χ2n) is 7.74. The molecular weight excluding hydrogens is 348 g/mol. The third-order valence-corrected chi connectivity index (χ3v) is 6.55. The van der Waals surface area contributed by atoms with Gasteiger partial charge >= 0.3 is 0 Å². The molecule has 1 unspecified atom stereocenters. The summed E-state index contributed by atoms with van der Waals surface area (Å²) >= 11 is 0. The van der Waals surface area contributed by atoms with E-state index in [0.29, 0.717) is 19.4 Å². The Hall–Kier alpha value is -0.130. The van der Waals surface area contributed by atoms with Gasteiger partial charge < -0.3 is 5.11 Å². The zero-order chi connectivity index (χ0) is 19.5. The van der Waals surface area contributed by atoms with E-state index in [2.05, 4.69) is 6.92 Å². The Bertz CT molecular complexity index is 381. The van der Waals surface area contributed by atoms with E-state index in [1.807, 2.05) is 0 Å². The summed E-state index contributed by atoms with van der Waals surface area (Å²) in [6.45, 7) is 2.50. The molecule has 0 aliphatic heterocycles. The van der Waals surface area contributed by atoms with Crippen molar-refractivity contribution in [3.63, 3.8) is 0 Å². The van der Waals surface area contributed by atoms with E-state index in [1.165, 1.54) is 57.8 Å². The molecule has 0 saturated carbocycles. The van der Waals surface area contributed by atoms with E-state index in [9.17, 15) is 13.0 Å². The van der Waals surface area contributed by atoms with Crippen LogP contribution >= 0.6 is 0 Å². The van der Waals surface area contributed by atoms with Crippen LogP contribution in [0.2, 0.25) is 0 Å². The van der Waals surface area contributed by atoms with Crippen LogP contribution in [0.25, 0.3) is 0 Å². The van der Waals surface area contributed by atoms with Gasteiger partial charge in [0.1, 0.15) is 0 Å². The van der Waals surface area contributed by atoms with Crippen LogP contribution in [0, 0.1) is 0 Å². The normalized spacial score (nSPS) is 13.2. The topological polar surface area (TPSA) is 74.6 Å². The first-order valence-electron chi connectivity index (χ1n) is 11.1. The predicted octanol–water partition coefficient (Wildman–Crippen LogP) is 6.28. The summed E-state index contributed by atoms with van der Waals surface area (Å²) in [6, 6.07) is 0. The van der Waals surface area contributed by atoms with E-state index >= 15 is 0 Å². The maximum atomic E-state index is 11.6. The zero-order valence-electron chi connectivity index (χ0n) is 17.1. The van der Waals surface area contributed by atoms with Gasteiger partial charge in [-0.15, -0.1) is 0 Å². The fourth-order valence-electron chi connectivity index (χ4n) is 3.49. The lowest BCUT2D eigenvalue weighted by Gasteiger charge is -2.13. The summed E-state index contributed by atoms with van der Waals surface area (Å²) in [5.74, 6) is 0. The highest BCUT2D eigenvalue weighted by atomic mass is 32.2. The van der Waals surface area contributed by atoms with Crippen molar-refractivity contribution in [2.75, 3.05) is 6.61 Å². The first-order valence-corrected chi connectivity index (χ1v) is 12.6. The molecule has 0 aromatic heterocycles. The third kappa shape index (κ3) is 17.3. The molecule has 0 aliphatic carbocycles. The monoisotopic (exact) mass is 392 g/mol. The minimum atomic E-state index is -3.90. The molecular formula is C21H44O4S. The van der Waals surface area contributed by atoms with Crippen molar-refractivity contribution in [2.45, 2.75) is 128 Å². The van der Waals surface area contributed by atoms with Gasteiger partial charge in [-0.2, -0.15) is 8.42 Å². The van der Waals surface area contributed by atoms with Gasteiger partial charge in [0.2, 0.25) is 0 Å². The molecule has 0 aliphatic rings. The second-order valence-corrected chi connectivity index (χ2v) is 9.44. The Morgan fingerprint density at radius 1 is 0.615 bits per heavy atom. The summed E-state index contributed by atoms with van der Waals surface area (Å²) in [5.41, 5.74) is 0. The Kier molecular flexibility index (Phi) is 18.2. The molecule has 0 saturated heterocycles. The van der Waals surface area contributed by atoms with E-state index in [1.54, 1.807) is 0 Å². The lowest BCUT2D eigenvalue weighted by atomic mass is 10.0. The highest BCUT2D eigenvalue weighted by molar-refractivity contribution is 7.86. The van der Waals surface area contributed by atoms with Crippen molar-refractivity contribution in [2.24, 2.45) is 0 Å². The Labute approximate surface area is 162 Å². The summed E-state index contributed by atoms with van der Waals surface area (Å²) < 4.78 is 32.6. The molecule has 4 nitrogen and oxygen atoms in total. The number of aliphatic hydroxyl groups is 1. The molecule has 158 valence electrons. The number of hydrogen-bond acceptors (Lipinski definition) is 3. The third-order valence-electron chi connectivity index (χ3n) is 5.24. The number of aliphatic hydroxyl groups excluding tert-OH is 1. The van der Waals surface area contributed by atoms with Gasteiger partial charge in [0, 0.05) is 6.61 Å². The van der Waals surface area contributed by atoms with Crippen LogP contribution in [0.4, 0.5) is 0 Å². The highest BCUT2D eigenvalue weighted by Crippen LogP contribution is 2.19. The number of rotatable bonds is 20.